The van der Waals surface area contributed by atoms with Crippen molar-refractivity contribution in [2.45, 2.75) is 70.7 Å². The Kier molecular flexibility index (Phi) is 11.3. The molecule has 0 bridgehead atoms. The second-order valence-corrected chi connectivity index (χ2v) is 10.7. The van der Waals surface area contributed by atoms with Crippen molar-refractivity contribution in [1.82, 2.24) is 10.2 Å². The summed E-state index contributed by atoms with van der Waals surface area (Å²) in [7, 11) is 0. The summed E-state index contributed by atoms with van der Waals surface area (Å²) in [5, 5.41) is 14.7. The fraction of sp³-hybridized carbons (Fsp3) is 0.500. The molecular weight excluding hydrogens is 522 g/mol. The van der Waals surface area contributed by atoms with E-state index in [1.165, 1.54) is 25.7 Å². The lowest BCUT2D eigenvalue weighted by Crippen LogP contribution is -2.47. The van der Waals surface area contributed by atoms with E-state index in [9.17, 15) is 14.7 Å². The number of amides is 2. The quantitative estimate of drug-likeness (QED) is 0.243. The zero-order valence-electron chi connectivity index (χ0n) is 24.1. The van der Waals surface area contributed by atoms with Crippen molar-refractivity contribution in [3.63, 3.8) is 0 Å². The van der Waals surface area contributed by atoms with Crippen LogP contribution in [-0.2, 0) is 25.6 Å². The van der Waals surface area contributed by atoms with E-state index in [2.05, 4.69) is 29.0 Å². The molecule has 1 aliphatic heterocycles. The van der Waals surface area contributed by atoms with E-state index >= 15 is 0 Å². The highest BCUT2D eigenvalue weighted by Gasteiger charge is 2.40. The number of hydrogen-bond donors (Lipinski definition) is 3. The first kappa shape index (κ1) is 30.7. The van der Waals surface area contributed by atoms with Gasteiger partial charge in [-0.05, 0) is 43.0 Å². The molecule has 3 N–H and O–H groups in total. The molecule has 4 rings (SSSR count). The third-order valence-corrected chi connectivity index (χ3v) is 7.88. The maximum absolute atomic E-state index is 12.2. The molecule has 1 saturated carbocycles. The molecule has 2 fully saturated rings. The summed E-state index contributed by atoms with van der Waals surface area (Å²) in [4.78, 5) is 26.2. The Morgan fingerprint density at radius 1 is 1.07 bits per heavy atom. The van der Waals surface area contributed by atoms with Crippen molar-refractivity contribution >= 4 is 17.7 Å². The molecule has 0 unspecified atom stereocenters. The van der Waals surface area contributed by atoms with Gasteiger partial charge in [-0.2, -0.15) is 0 Å². The molecule has 1 saturated heterocycles. The number of aliphatic hydroxyl groups is 1. The zero-order chi connectivity index (χ0) is 29.2. The number of aliphatic hydroxyl groups excluding tert-OH is 1. The lowest BCUT2D eigenvalue weighted by molar-refractivity contribution is -0.276. The van der Waals surface area contributed by atoms with E-state index < -0.39 is 18.3 Å². The molecule has 2 amide bonds. The molecule has 41 heavy (non-hydrogen) atoms. The molecule has 0 aromatic heterocycles. The first-order valence-corrected chi connectivity index (χ1v) is 14.6. The third kappa shape index (κ3) is 8.39. The summed E-state index contributed by atoms with van der Waals surface area (Å²) in [6.07, 6.45) is 6.00. The van der Waals surface area contributed by atoms with Crippen LogP contribution >= 0.6 is 0 Å². The smallest absolute Gasteiger partial charge is 0.325 e. The summed E-state index contributed by atoms with van der Waals surface area (Å²) >= 11 is 0. The fourth-order valence-electron chi connectivity index (χ4n) is 5.63. The number of nitrogens with one attached hydrogen (secondary N) is 2. The first-order chi connectivity index (χ1) is 19.9. The van der Waals surface area contributed by atoms with Crippen LogP contribution in [0.5, 0.6) is 0 Å². The van der Waals surface area contributed by atoms with E-state index in [1.807, 2.05) is 42.5 Å². The van der Waals surface area contributed by atoms with Gasteiger partial charge in [-0.1, -0.05) is 62.2 Å². The summed E-state index contributed by atoms with van der Waals surface area (Å²) < 4.78 is 18.0. The number of carbonyl (C=O) groups is 2. The molecule has 0 spiro atoms. The van der Waals surface area contributed by atoms with Gasteiger partial charge in [0.25, 0.3) is 0 Å². The van der Waals surface area contributed by atoms with Crippen LogP contribution in [0.3, 0.4) is 0 Å². The molecule has 1 heterocycles. The van der Waals surface area contributed by atoms with Crippen LogP contribution < -0.4 is 10.6 Å². The van der Waals surface area contributed by atoms with Crippen molar-refractivity contribution in [2.75, 3.05) is 31.6 Å². The van der Waals surface area contributed by atoms with Crippen LogP contribution in [0.15, 0.2) is 61.2 Å². The third-order valence-electron chi connectivity index (χ3n) is 7.88. The largest absolute Gasteiger partial charge is 0.465 e. The van der Waals surface area contributed by atoms with Gasteiger partial charge in [-0.15, -0.1) is 6.58 Å². The van der Waals surface area contributed by atoms with Crippen LogP contribution in [-0.4, -0.2) is 60.4 Å². The molecule has 2 aromatic carbocycles. The van der Waals surface area contributed by atoms with Gasteiger partial charge in [0.1, 0.15) is 6.54 Å². The number of esters is 1. The lowest BCUT2D eigenvalue weighted by atomic mass is 9.89. The van der Waals surface area contributed by atoms with Crippen LogP contribution in [0.1, 0.15) is 68.6 Å². The van der Waals surface area contributed by atoms with Gasteiger partial charge in [0, 0.05) is 36.3 Å². The van der Waals surface area contributed by atoms with Gasteiger partial charge in [-0.3, -0.25) is 9.69 Å². The number of ether oxygens (including phenoxy) is 3. The Morgan fingerprint density at radius 2 is 1.76 bits per heavy atom. The fourth-order valence-corrected chi connectivity index (χ4v) is 5.63. The van der Waals surface area contributed by atoms with Crippen molar-refractivity contribution < 1.29 is 28.9 Å². The number of urea groups is 1. The molecule has 9 nitrogen and oxygen atoms in total. The summed E-state index contributed by atoms with van der Waals surface area (Å²) in [6.45, 7) is 9.53. The molecule has 2 aliphatic rings. The molecule has 2 aromatic rings. The predicted octanol–water partition coefficient (Wildman–Crippen LogP) is 5.09. The van der Waals surface area contributed by atoms with Gasteiger partial charge in [0.2, 0.25) is 0 Å². The second kappa shape index (κ2) is 15.1. The minimum atomic E-state index is -0.598. The normalized spacial score (nSPS) is 22.8. The van der Waals surface area contributed by atoms with E-state index in [0.29, 0.717) is 11.7 Å². The highest BCUT2D eigenvalue weighted by molar-refractivity contribution is 5.91. The maximum atomic E-state index is 12.2. The lowest BCUT2D eigenvalue weighted by Gasteiger charge is -2.43. The SMILES string of the molecule is C=CCN(C[C@H]1O[C@@H](c2ccc(NC(=O)NCC(=O)OCC)cc2)O[C@@H](c2ccc(CO)cc2)[C@H]1C)C1CCCC1. The predicted molar refractivity (Wildman–Crippen MR) is 157 cm³/mol. The summed E-state index contributed by atoms with van der Waals surface area (Å²) in [5.74, 6) is -0.405. The molecule has 222 valence electrons. The highest BCUT2D eigenvalue weighted by Crippen LogP contribution is 2.42. The van der Waals surface area contributed by atoms with E-state index in [-0.39, 0.29) is 37.9 Å². The van der Waals surface area contributed by atoms with E-state index in [0.717, 1.165) is 29.8 Å². The molecule has 0 radical (unpaired) electrons. The van der Waals surface area contributed by atoms with E-state index in [1.54, 1.807) is 19.1 Å². The van der Waals surface area contributed by atoms with Gasteiger partial charge in [-0.25, -0.2) is 4.79 Å². The molecular formula is C32H43N3O6. The minimum absolute atomic E-state index is 0.00511. The van der Waals surface area contributed by atoms with Gasteiger partial charge in [0.15, 0.2) is 6.29 Å². The topological polar surface area (TPSA) is 109 Å². The Hall–Kier alpha value is -3.24. The van der Waals surface area contributed by atoms with Crippen molar-refractivity contribution in [2.24, 2.45) is 5.92 Å². The number of nitrogens with zero attached hydrogens (tertiary/aromatic N) is 1. The highest BCUT2D eigenvalue weighted by atomic mass is 16.7. The number of anilines is 1. The Bertz CT molecular complexity index is 1130. The number of carbonyl (C=O) groups excluding carboxylic acids is 2. The average molecular weight is 566 g/mol. The van der Waals surface area contributed by atoms with Crippen molar-refractivity contribution in [3.05, 3.63) is 77.9 Å². The van der Waals surface area contributed by atoms with Crippen molar-refractivity contribution in [3.8, 4) is 0 Å². The number of hydrogen-bond acceptors (Lipinski definition) is 7. The Morgan fingerprint density at radius 3 is 2.39 bits per heavy atom. The van der Waals surface area contributed by atoms with Gasteiger partial charge >= 0.3 is 12.0 Å². The summed E-state index contributed by atoms with van der Waals surface area (Å²) in [5.41, 5.74) is 3.31. The van der Waals surface area contributed by atoms with E-state index in [4.69, 9.17) is 14.2 Å². The van der Waals surface area contributed by atoms with Crippen LogP contribution in [0, 0.1) is 5.92 Å². The number of rotatable bonds is 12. The van der Waals surface area contributed by atoms with Crippen LogP contribution in [0.4, 0.5) is 10.5 Å². The molecule has 1 aliphatic carbocycles. The van der Waals surface area contributed by atoms with Crippen molar-refractivity contribution in [1.29, 1.82) is 0 Å². The average Bonchev–Trinajstić information content (AvgIpc) is 3.53. The van der Waals surface area contributed by atoms with Crippen LogP contribution in [0.2, 0.25) is 0 Å². The van der Waals surface area contributed by atoms with Gasteiger partial charge in [0.05, 0.1) is 25.4 Å². The first-order valence-electron chi connectivity index (χ1n) is 14.6. The summed E-state index contributed by atoms with van der Waals surface area (Å²) in [6, 6.07) is 15.3. The zero-order valence-corrected chi connectivity index (χ0v) is 24.1. The maximum Gasteiger partial charge on any atom is 0.325 e. The Balaban J connectivity index is 1.50. The standard InChI is InChI=1S/C32H43N3O6/c1-4-18-35(27-8-6-7-9-27)20-28-22(3)30(24-12-10-23(21-36)11-13-24)41-31(40-28)25-14-16-26(17-15-25)34-32(38)33-19-29(37)39-5-2/h4,10-17,22,27-28,30-31,36H,1,5-9,18-21H2,2-3H3,(H2,33,34,38)/t22-,28+,30+,31+/m0/s1. The monoisotopic (exact) mass is 565 g/mol. The Labute approximate surface area is 242 Å². The molecule has 4 atom stereocenters. The van der Waals surface area contributed by atoms with Gasteiger partial charge < -0.3 is 30.0 Å². The number of benzene rings is 2. The second-order valence-electron chi connectivity index (χ2n) is 10.7. The van der Waals surface area contributed by atoms with Crippen LogP contribution in [0.25, 0.3) is 0 Å². The molecule has 9 heteroatoms. The minimum Gasteiger partial charge on any atom is -0.465 e.